The molecule has 0 aliphatic rings. The zero-order valence-electron chi connectivity index (χ0n) is 28.1. The minimum Gasteiger partial charge on any atom is -0.495 e. The summed E-state index contributed by atoms with van der Waals surface area (Å²) in [6, 6.07) is 3.62. The number of Topliss-reactive ketones (excluding diaryl/α,β-unsaturated/α-hetero) is 1. The molecule has 9 heteroatoms. The minimum atomic E-state index is -0.162. The normalized spacial score (nSPS) is 10.9. The second-order valence-corrected chi connectivity index (χ2v) is 9.74. The van der Waals surface area contributed by atoms with E-state index in [0.29, 0.717) is 58.3 Å². The Morgan fingerprint density at radius 1 is 0.705 bits per heavy atom. The van der Waals surface area contributed by atoms with Crippen molar-refractivity contribution < 1.29 is 42.1 Å². The third kappa shape index (κ3) is 7.69. The van der Waals surface area contributed by atoms with Gasteiger partial charge in [0.2, 0.25) is 5.75 Å². The fraction of sp³-hybridized carbons (Fsp3) is 0.457. The Kier molecular flexibility index (Phi) is 14.7. The summed E-state index contributed by atoms with van der Waals surface area (Å²) in [7, 11) is 7.79. The van der Waals surface area contributed by atoms with E-state index in [9.17, 15) is 4.79 Å². The number of rotatable bonds is 12. The Balaban J connectivity index is 0.000000268. The highest BCUT2D eigenvalue weighted by atomic mass is 16.5. The van der Waals surface area contributed by atoms with Crippen molar-refractivity contribution in [2.75, 3.05) is 42.2 Å². The number of allylic oxidation sites excluding steroid dienone is 2. The Labute approximate surface area is 261 Å². The van der Waals surface area contributed by atoms with E-state index in [2.05, 4.69) is 26.8 Å². The van der Waals surface area contributed by atoms with Gasteiger partial charge in [0.1, 0.15) is 17.1 Å². The number of hydrogen-bond acceptors (Lipinski definition) is 9. The van der Waals surface area contributed by atoms with Crippen LogP contribution in [0.3, 0.4) is 0 Å². The number of fused-ring (bicyclic) bond motifs is 2. The van der Waals surface area contributed by atoms with Gasteiger partial charge in [0.25, 0.3) is 0 Å². The zero-order valence-corrected chi connectivity index (χ0v) is 28.1. The maximum absolute atomic E-state index is 11.8. The second kappa shape index (κ2) is 17.9. The van der Waals surface area contributed by atoms with Crippen molar-refractivity contribution in [3.05, 3.63) is 47.4 Å². The molecule has 2 heterocycles. The minimum absolute atomic E-state index is 0.162. The van der Waals surface area contributed by atoms with Gasteiger partial charge in [-0.2, -0.15) is 0 Å². The van der Waals surface area contributed by atoms with Crippen molar-refractivity contribution >= 4 is 33.3 Å². The van der Waals surface area contributed by atoms with E-state index in [1.807, 2.05) is 19.9 Å². The standard InChI is InChI=1S/C17H22O4.C13H14O5.C5H12/c1-6-11(3)14-13(10-20-7-2)16(19-5)17-12(8-9-21-17)15(14)18-4;1-7(14)9-10(15-2)8-5-6-18-11(8)13(17-4)12(9)16-3;1-3-5-4-2/h6,8-9H,7,10H2,1-5H3;5-6H,1-4H3;3-5H2,1-2H3/b11-6+;;. The average Bonchev–Trinajstić information content (AvgIpc) is 3.72. The molecule has 0 aliphatic carbocycles. The van der Waals surface area contributed by atoms with E-state index < -0.39 is 0 Å². The topological polar surface area (TPSA) is 98.7 Å². The van der Waals surface area contributed by atoms with Crippen molar-refractivity contribution in [1.29, 1.82) is 0 Å². The summed E-state index contributed by atoms with van der Waals surface area (Å²) in [6.45, 7) is 13.0. The lowest BCUT2D eigenvalue weighted by molar-refractivity contribution is 0.101. The highest BCUT2D eigenvalue weighted by Crippen LogP contribution is 2.47. The molecular weight excluding hydrogens is 564 g/mol. The van der Waals surface area contributed by atoms with E-state index in [0.717, 1.165) is 27.8 Å². The molecule has 0 spiro atoms. The smallest absolute Gasteiger partial charge is 0.205 e. The summed E-state index contributed by atoms with van der Waals surface area (Å²) < 4.78 is 43.7. The predicted molar refractivity (Wildman–Crippen MR) is 175 cm³/mol. The summed E-state index contributed by atoms with van der Waals surface area (Å²) >= 11 is 0. The van der Waals surface area contributed by atoms with Gasteiger partial charge in [-0.3, -0.25) is 4.79 Å². The summed E-state index contributed by atoms with van der Waals surface area (Å²) in [4.78, 5) is 11.8. The molecular formula is C35H48O9. The van der Waals surface area contributed by atoms with E-state index in [1.165, 1.54) is 53.8 Å². The number of furan rings is 2. The van der Waals surface area contributed by atoms with Crippen LogP contribution < -0.4 is 23.7 Å². The van der Waals surface area contributed by atoms with Crippen LogP contribution in [0, 0.1) is 0 Å². The summed E-state index contributed by atoms with van der Waals surface area (Å²) in [5, 5.41) is 1.59. The van der Waals surface area contributed by atoms with Gasteiger partial charge in [0.05, 0.1) is 65.5 Å². The van der Waals surface area contributed by atoms with Crippen molar-refractivity contribution in [2.45, 2.75) is 67.4 Å². The first-order valence-electron chi connectivity index (χ1n) is 14.8. The third-order valence-corrected chi connectivity index (χ3v) is 7.05. The van der Waals surface area contributed by atoms with Gasteiger partial charge in [-0.05, 0) is 45.4 Å². The van der Waals surface area contributed by atoms with Gasteiger partial charge < -0.3 is 37.3 Å². The van der Waals surface area contributed by atoms with Crippen LogP contribution in [0.2, 0.25) is 0 Å². The highest BCUT2D eigenvalue weighted by Gasteiger charge is 2.26. The van der Waals surface area contributed by atoms with Crippen molar-refractivity contribution in [2.24, 2.45) is 0 Å². The molecule has 0 unspecified atom stereocenters. The molecule has 2 aromatic heterocycles. The Morgan fingerprint density at radius 2 is 1.18 bits per heavy atom. The quantitative estimate of drug-likeness (QED) is 0.145. The molecule has 0 N–H and O–H groups in total. The van der Waals surface area contributed by atoms with Crippen molar-refractivity contribution in [3.63, 3.8) is 0 Å². The van der Waals surface area contributed by atoms with Crippen LogP contribution in [0.15, 0.2) is 39.6 Å². The van der Waals surface area contributed by atoms with E-state index >= 15 is 0 Å². The molecule has 0 saturated carbocycles. The molecule has 0 fully saturated rings. The van der Waals surface area contributed by atoms with Gasteiger partial charge >= 0.3 is 0 Å². The number of ether oxygens (including phenoxy) is 6. The van der Waals surface area contributed by atoms with Crippen molar-refractivity contribution in [1.82, 2.24) is 0 Å². The molecule has 4 aromatic rings. The van der Waals surface area contributed by atoms with E-state index in [1.54, 1.807) is 26.5 Å². The lowest BCUT2D eigenvalue weighted by atomic mass is 9.96. The third-order valence-electron chi connectivity index (χ3n) is 7.05. The lowest BCUT2D eigenvalue weighted by Gasteiger charge is -2.19. The monoisotopic (exact) mass is 612 g/mol. The van der Waals surface area contributed by atoms with Crippen LogP contribution >= 0.6 is 0 Å². The van der Waals surface area contributed by atoms with Gasteiger partial charge in [-0.1, -0.05) is 39.2 Å². The molecule has 2 aromatic carbocycles. The number of carbonyl (C=O) groups is 1. The zero-order chi connectivity index (χ0) is 32.8. The average molecular weight is 613 g/mol. The fourth-order valence-corrected chi connectivity index (χ4v) is 4.90. The van der Waals surface area contributed by atoms with Crippen LogP contribution in [0.4, 0.5) is 0 Å². The van der Waals surface area contributed by atoms with E-state index in [4.69, 9.17) is 37.3 Å². The maximum atomic E-state index is 11.8. The van der Waals surface area contributed by atoms with E-state index in [-0.39, 0.29) is 5.78 Å². The second-order valence-electron chi connectivity index (χ2n) is 9.74. The number of hydrogen-bond donors (Lipinski definition) is 0. The molecule has 9 nitrogen and oxygen atoms in total. The number of benzene rings is 2. The van der Waals surface area contributed by atoms with Gasteiger partial charge in [0.15, 0.2) is 28.4 Å². The summed E-state index contributed by atoms with van der Waals surface area (Å²) in [5.74, 6) is 2.49. The fourth-order valence-electron chi connectivity index (χ4n) is 4.90. The molecule has 0 atom stereocenters. The SMILES string of the molecule is C/C=C(\C)c1c(COCC)c(OC)c2occc2c1OC.CCCCC.COc1c(C(C)=O)c(OC)c2ccoc2c1OC. The first-order chi connectivity index (χ1) is 21.3. The van der Waals surface area contributed by atoms with Gasteiger partial charge in [-0.25, -0.2) is 0 Å². The molecule has 4 rings (SSSR count). The summed E-state index contributed by atoms with van der Waals surface area (Å²) in [6.07, 6.45) is 9.29. The molecule has 0 radical (unpaired) electrons. The van der Waals surface area contributed by atoms with Gasteiger partial charge in [0, 0.05) is 17.7 Å². The maximum Gasteiger partial charge on any atom is 0.205 e. The highest BCUT2D eigenvalue weighted by molar-refractivity contribution is 6.08. The number of carbonyl (C=O) groups excluding carboxylic acids is 1. The first-order valence-corrected chi connectivity index (χ1v) is 14.8. The predicted octanol–water partition coefficient (Wildman–Crippen LogP) is 9.27. The number of unbranched alkanes of at least 4 members (excludes halogenated alkanes) is 2. The molecule has 242 valence electrons. The van der Waals surface area contributed by atoms with Crippen LogP contribution in [0.1, 0.15) is 82.3 Å². The van der Waals surface area contributed by atoms with Crippen LogP contribution in [0.25, 0.3) is 27.5 Å². The molecule has 0 aliphatic heterocycles. The Bertz CT molecular complexity index is 1520. The largest absolute Gasteiger partial charge is 0.495 e. The molecule has 0 bridgehead atoms. The Hall–Kier alpha value is -4.11. The van der Waals surface area contributed by atoms with Crippen molar-refractivity contribution in [3.8, 4) is 28.7 Å². The Morgan fingerprint density at radius 3 is 1.57 bits per heavy atom. The summed E-state index contributed by atoms with van der Waals surface area (Å²) in [5.41, 5.74) is 4.62. The lowest BCUT2D eigenvalue weighted by Crippen LogP contribution is -2.04. The van der Waals surface area contributed by atoms with Crippen LogP contribution in [-0.2, 0) is 11.3 Å². The number of ketones is 1. The molecule has 44 heavy (non-hydrogen) atoms. The molecule has 0 saturated heterocycles. The van der Waals surface area contributed by atoms with Gasteiger partial charge in [-0.15, -0.1) is 0 Å². The number of methoxy groups -OCH3 is 5. The first kappa shape index (κ1) is 36.1. The van der Waals surface area contributed by atoms with Crippen LogP contribution in [0.5, 0.6) is 28.7 Å². The van der Waals surface area contributed by atoms with Crippen LogP contribution in [-0.4, -0.2) is 47.9 Å². The molecule has 0 amide bonds.